The van der Waals surface area contributed by atoms with E-state index in [1.807, 2.05) is 6.07 Å². The standard InChI is InChI=1S/C64H39NO4/c1-35-41-11-4-5-13-43(41)42-12-3-2-10-38(42)28-46(35)39-20-24-59-49(29-39)53-31-51-47-26-36(18-22-57(47)66-61(51)33-63(53)68-59)37-19-23-58-48(27-37)52-32-54-50-30-40(21-25-60(50)69-64(54)34-62(52)67-58)65-55-16-8-6-14-44(55)45-15-7-9-17-56(45)65/h2-27,29-35,46H,28H2,1H3. The van der Waals surface area contributed by atoms with Crippen molar-refractivity contribution in [2.24, 2.45) is 0 Å². The third kappa shape index (κ3) is 5.30. The van der Waals surface area contributed by atoms with Crippen LogP contribution in [0.3, 0.4) is 0 Å². The summed E-state index contributed by atoms with van der Waals surface area (Å²) in [4.78, 5) is 0. The lowest BCUT2D eigenvalue weighted by Gasteiger charge is -2.24. The van der Waals surface area contributed by atoms with Gasteiger partial charge in [-0.1, -0.05) is 110 Å². The number of nitrogens with zero attached hydrogens (tertiary/aromatic N) is 1. The van der Waals surface area contributed by atoms with Crippen molar-refractivity contribution < 1.29 is 17.7 Å². The lowest BCUT2D eigenvalue weighted by atomic mass is 9.80. The largest absolute Gasteiger partial charge is 0.456 e. The molecule has 0 amide bonds. The Labute approximate surface area is 394 Å². The molecule has 5 aromatic heterocycles. The van der Waals surface area contributed by atoms with Crippen LogP contribution in [0.5, 0.6) is 0 Å². The molecule has 324 valence electrons. The van der Waals surface area contributed by atoms with Crippen LogP contribution in [0, 0.1) is 0 Å². The number of hydrogen-bond acceptors (Lipinski definition) is 4. The topological polar surface area (TPSA) is 57.5 Å². The highest BCUT2D eigenvalue weighted by atomic mass is 16.3. The molecule has 0 saturated heterocycles. The van der Waals surface area contributed by atoms with Crippen LogP contribution in [0.4, 0.5) is 0 Å². The molecule has 10 aromatic carbocycles. The zero-order valence-corrected chi connectivity index (χ0v) is 37.4. The molecule has 0 aliphatic heterocycles. The first-order valence-corrected chi connectivity index (χ1v) is 23.9. The first-order valence-electron chi connectivity index (χ1n) is 23.9. The minimum Gasteiger partial charge on any atom is -0.456 e. The lowest BCUT2D eigenvalue weighted by molar-refractivity contribution is 0.579. The third-order valence-corrected chi connectivity index (χ3v) is 15.5. The first-order chi connectivity index (χ1) is 34.1. The van der Waals surface area contributed by atoms with E-state index in [1.165, 1.54) is 49.6 Å². The number of hydrogen-bond donors (Lipinski definition) is 0. The normalized spacial score (nSPS) is 15.3. The van der Waals surface area contributed by atoms with Crippen LogP contribution < -0.4 is 0 Å². The summed E-state index contributed by atoms with van der Waals surface area (Å²) in [5.74, 6) is 0.648. The van der Waals surface area contributed by atoms with Crippen LogP contribution >= 0.6 is 0 Å². The van der Waals surface area contributed by atoms with Gasteiger partial charge >= 0.3 is 0 Å². The van der Waals surface area contributed by atoms with E-state index in [1.54, 1.807) is 0 Å². The van der Waals surface area contributed by atoms with Crippen molar-refractivity contribution in [1.82, 2.24) is 4.57 Å². The molecule has 2 atom stereocenters. The molecule has 5 nitrogen and oxygen atoms in total. The van der Waals surface area contributed by atoms with Gasteiger partial charge in [0.15, 0.2) is 0 Å². The number of aromatic nitrogens is 1. The van der Waals surface area contributed by atoms with Gasteiger partial charge in [-0.3, -0.25) is 0 Å². The van der Waals surface area contributed by atoms with E-state index in [0.717, 1.165) is 111 Å². The molecule has 2 unspecified atom stereocenters. The van der Waals surface area contributed by atoms with Gasteiger partial charge in [0, 0.05) is 71.7 Å². The van der Waals surface area contributed by atoms with Crippen LogP contribution in [0.2, 0.25) is 0 Å². The highest BCUT2D eigenvalue weighted by Gasteiger charge is 2.29. The van der Waals surface area contributed by atoms with E-state index < -0.39 is 0 Å². The summed E-state index contributed by atoms with van der Waals surface area (Å²) >= 11 is 0. The number of para-hydroxylation sites is 2. The molecular formula is C64H39NO4. The SMILES string of the molecule is CC1c2ccccc2-c2ccccc2CC1c1ccc2oc3cc4oc5ccc(-c6ccc7oc8cc9oc%10ccc(-n%11c%12ccccc%12c%12ccccc%12%11)cc%10c9cc8c7c6)cc5c4cc3c2c1. The van der Waals surface area contributed by atoms with E-state index in [9.17, 15) is 0 Å². The maximum absolute atomic E-state index is 6.55. The number of benzene rings is 10. The quantitative estimate of drug-likeness (QED) is 0.177. The molecule has 0 N–H and O–H groups in total. The second kappa shape index (κ2) is 13.7. The van der Waals surface area contributed by atoms with Gasteiger partial charge in [-0.2, -0.15) is 0 Å². The van der Waals surface area contributed by atoms with Crippen LogP contribution in [-0.4, -0.2) is 4.57 Å². The van der Waals surface area contributed by atoms with Crippen molar-refractivity contribution in [2.75, 3.05) is 0 Å². The van der Waals surface area contributed by atoms with Gasteiger partial charge in [-0.25, -0.2) is 0 Å². The Morgan fingerprint density at radius 1 is 0.362 bits per heavy atom. The molecule has 0 radical (unpaired) electrons. The molecule has 0 bridgehead atoms. The fourth-order valence-electron chi connectivity index (χ4n) is 12.2. The van der Waals surface area contributed by atoms with Crippen LogP contribution in [0.1, 0.15) is 35.4 Å². The van der Waals surface area contributed by atoms with E-state index in [0.29, 0.717) is 11.8 Å². The van der Waals surface area contributed by atoms with Crippen molar-refractivity contribution >= 4 is 110 Å². The average Bonchev–Trinajstić information content (AvgIpc) is 4.19. The van der Waals surface area contributed by atoms with Crippen molar-refractivity contribution in [3.8, 4) is 27.9 Å². The minimum absolute atomic E-state index is 0.310. The van der Waals surface area contributed by atoms with Gasteiger partial charge in [-0.15, -0.1) is 0 Å². The van der Waals surface area contributed by atoms with Crippen molar-refractivity contribution in [3.63, 3.8) is 0 Å². The summed E-state index contributed by atoms with van der Waals surface area (Å²) in [5.41, 5.74) is 19.2. The molecule has 0 spiro atoms. The predicted octanol–water partition coefficient (Wildman–Crippen LogP) is 18.2. The molecular weight excluding hydrogens is 847 g/mol. The Morgan fingerprint density at radius 3 is 1.43 bits per heavy atom. The molecule has 16 rings (SSSR count). The second-order valence-electron chi connectivity index (χ2n) is 19.2. The van der Waals surface area contributed by atoms with Crippen LogP contribution in [0.25, 0.3) is 138 Å². The molecule has 1 aliphatic carbocycles. The number of furan rings is 4. The molecule has 1 aliphatic rings. The van der Waals surface area contributed by atoms with E-state index in [-0.39, 0.29) is 0 Å². The van der Waals surface area contributed by atoms with E-state index in [2.05, 4.69) is 200 Å². The molecule has 0 saturated carbocycles. The highest BCUT2D eigenvalue weighted by Crippen LogP contribution is 2.47. The summed E-state index contributed by atoms with van der Waals surface area (Å²) in [6, 6.07) is 70.1. The first kappa shape index (κ1) is 37.3. The Balaban J connectivity index is 0.802. The third-order valence-electron chi connectivity index (χ3n) is 15.5. The fraction of sp³-hybridized carbons (Fsp3) is 0.0625. The summed E-state index contributed by atoms with van der Waals surface area (Å²) in [5, 5.41) is 11.1. The van der Waals surface area contributed by atoms with Crippen molar-refractivity contribution in [2.45, 2.75) is 25.2 Å². The van der Waals surface area contributed by atoms with Crippen molar-refractivity contribution in [3.05, 3.63) is 211 Å². The Bertz CT molecular complexity index is 4630. The van der Waals surface area contributed by atoms with Gasteiger partial charge in [0.2, 0.25) is 0 Å². The van der Waals surface area contributed by atoms with E-state index >= 15 is 0 Å². The van der Waals surface area contributed by atoms with Crippen molar-refractivity contribution in [1.29, 1.82) is 0 Å². The second-order valence-corrected chi connectivity index (χ2v) is 19.2. The average molecular weight is 886 g/mol. The molecule has 0 fully saturated rings. The van der Waals surface area contributed by atoms with Gasteiger partial charge in [0.1, 0.15) is 44.7 Å². The smallest absolute Gasteiger partial charge is 0.139 e. The lowest BCUT2D eigenvalue weighted by Crippen LogP contribution is -2.10. The molecule has 69 heavy (non-hydrogen) atoms. The molecule has 5 heteroatoms. The summed E-state index contributed by atoms with van der Waals surface area (Å²) in [7, 11) is 0. The summed E-state index contributed by atoms with van der Waals surface area (Å²) < 4.78 is 28.4. The fourth-order valence-corrected chi connectivity index (χ4v) is 12.2. The monoisotopic (exact) mass is 885 g/mol. The Hall–Kier alpha value is -8.80. The zero-order chi connectivity index (χ0) is 45.1. The maximum atomic E-state index is 6.55. The van der Waals surface area contributed by atoms with Gasteiger partial charge < -0.3 is 22.2 Å². The Morgan fingerprint density at radius 2 is 0.826 bits per heavy atom. The zero-order valence-electron chi connectivity index (χ0n) is 37.4. The van der Waals surface area contributed by atoms with Gasteiger partial charge in [0.05, 0.1) is 11.0 Å². The predicted molar refractivity (Wildman–Crippen MR) is 282 cm³/mol. The van der Waals surface area contributed by atoms with Gasteiger partial charge in [0.25, 0.3) is 0 Å². The number of rotatable bonds is 3. The van der Waals surface area contributed by atoms with Gasteiger partial charge in [-0.05, 0) is 136 Å². The summed E-state index contributed by atoms with van der Waals surface area (Å²) in [6.07, 6.45) is 0.975. The summed E-state index contributed by atoms with van der Waals surface area (Å²) in [6.45, 7) is 2.39. The number of fused-ring (bicyclic) bond motifs is 18. The minimum atomic E-state index is 0.310. The highest BCUT2D eigenvalue weighted by molar-refractivity contribution is 6.18. The maximum Gasteiger partial charge on any atom is 0.139 e. The van der Waals surface area contributed by atoms with E-state index in [4.69, 9.17) is 17.7 Å². The van der Waals surface area contributed by atoms with Crippen LogP contribution in [-0.2, 0) is 6.42 Å². The molecule has 15 aromatic rings. The molecule has 5 heterocycles. The Kier molecular flexibility index (Phi) is 7.38. The van der Waals surface area contributed by atoms with Crippen LogP contribution in [0.15, 0.2) is 212 Å².